The van der Waals surface area contributed by atoms with E-state index in [0.717, 1.165) is 11.3 Å². The predicted octanol–water partition coefficient (Wildman–Crippen LogP) is 1.25. The van der Waals surface area contributed by atoms with Crippen molar-refractivity contribution in [3.63, 3.8) is 0 Å². The van der Waals surface area contributed by atoms with Crippen LogP contribution in [0.4, 0.5) is 0 Å². The third-order valence-corrected chi connectivity index (χ3v) is 8.48. The normalized spacial score (nSPS) is 23.6. The van der Waals surface area contributed by atoms with E-state index in [2.05, 4.69) is 5.32 Å². The van der Waals surface area contributed by atoms with Gasteiger partial charge in [0.05, 0.1) is 5.25 Å². The quantitative estimate of drug-likeness (QED) is 0.752. The van der Waals surface area contributed by atoms with E-state index in [1.807, 2.05) is 6.92 Å². The molecule has 0 fully saturated rings. The van der Waals surface area contributed by atoms with Crippen molar-refractivity contribution in [1.29, 1.82) is 0 Å². The smallest absolute Gasteiger partial charge is 0.247 e. The molecule has 6 nitrogen and oxygen atoms in total. The van der Waals surface area contributed by atoms with Crippen molar-refractivity contribution in [3.8, 4) is 0 Å². The number of sulfonamides is 1. The Balaban J connectivity index is 0.00000200. The number of primary sulfonamides is 1. The fourth-order valence-electron chi connectivity index (χ4n) is 2.18. The van der Waals surface area contributed by atoms with Gasteiger partial charge in [-0.2, -0.15) is 0 Å². The van der Waals surface area contributed by atoms with Gasteiger partial charge in [0.1, 0.15) is 8.42 Å². The van der Waals surface area contributed by atoms with Crippen LogP contribution in [0.2, 0.25) is 0 Å². The molecule has 0 aliphatic carbocycles. The molecule has 0 spiro atoms. The summed E-state index contributed by atoms with van der Waals surface area (Å²) in [4.78, 5) is 0. The molecular weight excluding hydrogens is 409 g/mol. The molecule has 0 unspecified atom stereocenters. The first-order valence-electron chi connectivity index (χ1n) is 5.81. The Bertz CT molecular complexity index is 697. The van der Waals surface area contributed by atoms with Crippen molar-refractivity contribution < 1.29 is 49.5 Å². The molecule has 10 heteroatoms. The van der Waals surface area contributed by atoms with E-state index in [-0.39, 0.29) is 54.6 Å². The number of fused-ring (bicyclic) bond motifs is 1. The molecule has 0 bridgehead atoms. The minimum absolute atomic E-state index is 0. The largest absolute Gasteiger partial charge is 0.310 e. The van der Waals surface area contributed by atoms with Gasteiger partial charge in [-0.3, -0.25) is 0 Å². The van der Waals surface area contributed by atoms with E-state index >= 15 is 0 Å². The van der Waals surface area contributed by atoms with Gasteiger partial charge >= 0.3 is 0 Å². The average Bonchev–Trinajstić information content (AvgIpc) is 2.72. The van der Waals surface area contributed by atoms with Gasteiger partial charge in [0, 0.05) is 44.3 Å². The molecule has 0 aromatic carbocycles. The van der Waals surface area contributed by atoms with Crippen LogP contribution in [0, 0.1) is 0 Å². The summed E-state index contributed by atoms with van der Waals surface area (Å²) in [5.74, 6) is 0. The molecule has 2 atom stereocenters. The molecule has 1 aliphatic heterocycles. The van der Waals surface area contributed by atoms with E-state index in [4.69, 9.17) is 5.14 Å². The summed E-state index contributed by atoms with van der Waals surface area (Å²) in [6.45, 7) is 4.23. The van der Waals surface area contributed by atoms with Gasteiger partial charge in [0.15, 0.2) is 9.84 Å². The van der Waals surface area contributed by atoms with Crippen molar-refractivity contribution in [2.24, 2.45) is 5.14 Å². The fraction of sp³-hybridized carbons (Fsp3) is 0.636. The van der Waals surface area contributed by atoms with Crippen LogP contribution < -0.4 is 10.5 Å². The first-order valence-corrected chi connectivity index (χ1v) is 9.72. The van der Waals surface area contributed by atoms with Crippen molar-refractivity contribution in [2.45, 2.75) is 47.4 Å². The van der Waals surface area contributed by atoms with E-state index in [0.29, 0.717) is 18.5 Å². The number of sulfone groups is 1. The topological polar surface area (TPSA) is 106 Å². The predicted molar refractivity (Wildman–Crippen MR) is 80.1 cm³/mol. The molecule has 1 aromatic rings. The SMILES string of the molecule is C.CCN[C@H]1C[C@H](C)S(=O)(=O)c2sc(S(N)(=O)=O)cc21.[Y]. The van der Waals surface area contributed by atoms with Gasteiger partial charge in [-0.05, 0) is 26.0 Å². The van der Waals surface area contributed by atoms with Crippen molar-refractivity contribution in [1.82, 2.24) is 5.32 Å². The van der Waals surface area contributed by atoms with Crippen LogP contribution in [-0.4, -0.2) is 28.6 Å². The first-order chi connectivity index (χ1) is 8.67. The second-order valence-corrected chi connectivity index (χ2v) is 9.96. The monoisotopic (exact) mass is 429 g/mol. The second kappa shape index (κ2) is 7.46. The summed E-state index contributed by atoms with van der Waals surface area (Å²) in [7, 11) is -7.33. The van der Waals surface area contributed by atoms with Crippen LogP contribution in [0.5, 0.6) is 0 Å². The summed E-state index contributed by atoms with van der Waals surface area (Å²) >= 11 is 0.742. The number of nitrogens with one attached hydrogen (secondary N) is 1. The van der Waals surface area contributed by atoms with Gasteiger partial charge in [-0.15, -0.1) is 11.3 Å². The summed E-state index contributed by atoms with van der Waals surface area (Å²) in [5.41, 5.74) is 0.522. The van der Waals surface area contributed by atoms with Gasteiger partial charge in [-0.1, -0.05) is 14.4 Å². The van der Waals surface area contributed by atoms with Gasteiger partial charge in [0.2, 0.25) is 10.0 Å². The van der Waals surface area contributed by atoms with Gasteiger partial charge in [0.25, 0.3) is 0 Å². The van der Waals surface area contributed by atoms with Crippen LogP contribution in [0.3, 0.4) is 0 Å². The molecule has 0 saturated heterocycles. The molecule has 1 aromatic heterocycles. The van der Waals surface area contributed by atoms with Crippen LogP contribution in [-0.2, 0) is 52.6 Å². The number of rotatable bonds is 3. The minimum Gasteiger partial charge on any atom is -0.310 e. The summed E-state index contributed by atoms with van der Waals surface area (Å²) < 4.78 is 47.3. The maximum atomic E-state index is 12.2. The second-order valence-electron chi connectivity index (χ2n) is 4.55. The Labute approximate surface area is 155 Å². The number of hydrogen-bond acceptors (Lipinski definition) is 6. The van der Waals surface area contributed by atoms with Gasteiger partial charge < -0.3 is 5.32 Å². The molecule has 1 radical (unpaired) electrons. The third-order valence-electron chi connectivity index (χ3n) is 3.16. The summed E-state index contributed by atoms with van der Waals surface area (Å²) in [6.07, 6.45) is 0.434. The van der Waals surface area contributed by atoms with Crippen LogP contribution >= 0.6 is 11.3 Å². The van der Waals surface area contributed by atoms with E-state index < -0.39 is 25.1 Å². The zero-order valence-corrected chi connectivity index (χ0v) is 16.4. The maximum Gasteiger partial charge on any atom is 0.247 e. The zero-order chi connectivity index (χ0) is 14.4. The van der Waals surface area contributed by atoms with Crippen LogP contribution in [0.15, 0.2) is 14.5 Å². The molecule has 0 amide bonds. The molecule has 2 heterocycles. The molecule has 2 rings (SSSR count). The van der Waals surface area contributed by atoms with E-state index in [9.17, 15) is 16.8 Å². The Morgan fingerprint density at radius 3 is 2.52 bits per heavy atom. The van der Waals surface area contributed by atoms with Crippen molar-refractivity contribution in [3.05, 3.63) is 11.6 Å². The minimum atomic E-state index is -3.88. The third kappa shape index (κ3) is 4.13. The van der Waals surface area contributed by atoms with Crippen molar-refractivity contribution >= 4 is 31.2 Å². The Hall–Kier alpha value is 0.624. The zero-order valence-electron chi connectivity index (χ0n) is 11.2. The maximum absolute atomic E-state index is 12.2. The summed E-state index contributed by atoms with van der Waals surface area (Å²) in [5, 5.41) is 7.73. The first kappa shape index (κ1) is 21.6. The number of nitrogens with two attached hydrogens (primary N) is 1. The Kier molecular flexibility index (Phi) is 7.68. The molecule has 119 valence electrons. The molecular formula is C11H20N2O4S3Y. The average molecular weight is 429 g/mol. The molecule has 0 saturated carbocycles. The standard InChI is InChI=1S/C10H16N2O4S3.CH4.Y/c1-3-12-8-4-6(2)18(13,14)10-7(8)5-9(17-10)19(11,15)16;;/h5-6,8,12H,3-4H2,1-2H3,(H2,11,15,16);1H4;/t6-,8-;;/m0../s1. The molecule has 21 heavy (non-hydrogen) atoms. The fourth-order valence-corrected chi connectivity index (χ4v) is 6.60. The van der Waals surface area contributed by atoms with Crippen LogP contribution in [0.25, 0.3) is 0 Å². The Morgan fingerprint density at radius 2 is 2.05 bits per heavy atom. The van der Waals surface area contributed by atoms with Crippen LogP contribution in [0.1, 0.15) is 39.3 Å². The molecule has 1 aliphatic rings. The van der Waals surface area contributed by atoms with Gasteiger partial charge in [-0.25, -0.2) is 22.0 Å². The summed E-state index contributed by atoms with van der Waals surface area (Å²) in [6, 6.07) is 1.23. The molecule has 3 N–H and O–H groups in total. The van der Waals surface area contributed by atoms with E-state index in [1.54, 1.807) is 6.92 Å². The number of thiophene rings is 1. The van der Waals surface area contributed by atoms with Crippen molar-refractivity contribution in [2.75, 3.05) is 6.54 Å². The number of hydrogen-bond donors (Lipinski definition) is 2. The Morgan fingerprint density at radius 1 is 1.48 bits per heavy atom. The van der Waals surface area contributed by atoms with E-state index in [1.165, 1.54) is 6.07 Å².